The van der Waals surface area contributed by atoms with Gasteiger partial charge in [0, 0.05) is 12.7 Å². The van der Waals surface area contributed by atoms with Crippen molar-refractivity contribution >= 4 is 15.9 Å². The monoisotopic (exact) mass is 262 g/mol. The lowest BCUT2D eigenvalue weighted by Crippen LogP contribution is -2.06. The Morgan fingerprint density at radius 3 is 2.79 bits per heavy atom. The number of rotatable bonds is 5. The minimum Gasteiger partial charge on any atom is -0.491 e. The highest BCUT2D eigenvalue weighted by Crippen LogP contribution is 2.20. The molecule has 0 radical (unpaired) electrons. The molecule has 0 unspecified atom stereocenters. The SMILES string of the molecule is CCOCCOc1ccc(Br)c(F)c1. The van der Waals surface area contributed by atoms with Crippen LogP contribution in [0.1, 0.15) is 6.92 Å². The van der Waals surface area contributed by atoms with Crippen molar-refractivity contribution in [1.29, 1.82) is 0 Å². The first-order chi connectivity index (χ1) is 6.74. The smallest absolute Gasteiger partial charge is 0.141 e. The molecule has 0 fully saturated rings. The maximum absolute atomic E-state index is 13.0. The second-order valence-corrected chi connectivity index (χ2v) is 3.48. The number of benzene rings is 1. The molecule has 78 valence electrons. The molecule has 0 aliphatic heterocycles. The zero-order valence-corrected chi connectivity index (χ0v) is 9.51. The summed E-state index contributed by atoms with van der Waals surface area (Å²) in [4.78, 5) is 0. The van der Waals surface area contributed by atoms with E-state index in [1.54, 1.807) is 12.1 Å². The van der Waals surface area contributed by atoms with E-state index in [9.17, 15) is 4.39 Å². The zero-order chi connectivity index (χ0) is 10.4. The third kappa shape index (κ3) is 3.64. The number of halogens is 2. The normalized spacial score (nSPS) is 10.2. The van der Waals surface area contributed by atoms with Crippen LogP contribution in [0.2, 0.25) is 0 Å². The van der Waals surface area contributed by atoms with Gasteiger partial charge in [0.2, 0.25) is 0 Å². The van der Waals surface area contributed by atoms with Gasteiger partial charge in [0.1, 0.15) is 18.2 Å². The van der Waals surface area contributed by atoms with Crippen molar-refractivity contribution in [3.63, 3.8) is 0 Å². The maximum atomic E-state index is 13.0. The van der Waals surface area contributed by atoms with Crippen LogP contribution in [0.3, 0.4) is 0 Å². The molecule has 4 heteroatoms. The third-order valence-electron chi connectivity index (χ3n) is 1.59. The first-order valence-corrected chi connectivity index (χ1v) is 5.19. The zero-order valence-electron chi connectivity index (χ0n) is 7.93. The van der Waals surface area contributed by atoms with Crippen LogP contribution in [0.15, 0.2) is 22.7 Å². The first-order valence-electron chi connectivity index (χ1n) is 4.39. The molecule has 0 heterocycles. The molecule has 1 aromatic rings. The summed E-state index contributed by atoms with van der Waals surface area (Å²) in [6.45, 7) is 3.54. The molecule has 0 bridgehead atoms. The van der Waals surface area contributed by atoms with Gasteiger partial charge in [0.05, 0.1) is 11.1 Å². The van der Waals surface area contributed by atoms with E-state index in [1.807, 2.05) is 6.92 Å². The van der Waals surface area contributed by atoms with E-state index < -0.39 is 0 Å². The molecule has 1 aromatic carbocycles. The predicted octanol–water partition coefficient (Wildman–Crippen LogP) is 3.00. The summed E-state index contributed by atoms with van der Waals surface area (Å²) in [5.74, 6) is 0.198. The Balaban J connectivity index is 2.39. The lowest BCUT2D eigenvalue weighted by molar-refractivity contribution is 0.110. The van der Waals surface area contributed by atoms with Crippen LogP contribution < -0.4 is 4.74 Å². The molecule has 0 aromatic heterocycles. The van der Waals surface area contributed by atoms with E-state index in [0.29, 0.717) is 30.0 Å². The maximum Gasteiger partial charge on any atom is 0.141 e. The minimum absolute atomic E-state index is 0.320. The van der Waals surface area contributed by atoms with Gasteiger partial charge in [-0.05, 0) is 35.0 Å². The van der Waals surface area contributed by atoms with Crippen molar-refractivity contribution in [3.8, 4) is 5.75 Å². The van der Waals surface area contributed by atoms with E-state index in [4.69, 9.17) is 9.47 Å². The molecule has 0 atom stereocenters. The third-order valence-corrected chi connectivity index (χ3v) is 2.23. The van der Waals surface area contributed by atoms with E-state index in [2.05, 4.69) is 15.9 Å². The van der Waals surface area contributed by atoms with Gasteiger partial charge in [-0.25, -0.2) is 4.39 Å². The fourth-order valence-electron chi connectivity index (χ4n) is 0.929. The van der Waals surface area contributed by atoms with Crippen molar-refractivity contribution in [3.05, 3.63) is 28.5 Å². The van der Waals surface area contributed by atoms with Gasteiger partial charge < -0.3 is 9.47 Å². The fourth-order valence-corrected chi connectivity index (χ4v) is 1.18. The van der Waals surface area contributed by atoms with Crippen LogP contribution in [0.25, 0.3) is 0 Å². The Hall–Kier alpha value is -0.610. The molecule has 2 nitrogen and oxygen atoms in total. The summed E-state index contributed by atoms with van der Waals surface area (Å²) in [5, 5.41) is 0. The Bertz CT molecular complexity index is 291. The summed E-state index contributed by atoms with van der Waals surface area (Å²) in [6.07, 6.45) is 0. The molecular weight excluding hydrogens is 251 g/mol. The van der Waals surface area contributed by atoms with Crippen LogP contribution in [0.5, 0.6) is 5.75 Å². The molecule has 0 spiro atoms. The standard InChI is InChI=1S/C10H12BrFO2/c1-2-13-5-6-14-8-3-4-9(11)10(12)7-8/h3-4,7H,2,5-6H2,1H3. The van der Waals surface area contributed by atoms with Gasteiger partial charge in [0.25, 0.3) is 0 Å². The lowest BCUT2D eigenvalue weighted by atomic mass is 10.3. The van der Waals surface area contributed by atoms with Gasteiger partial charge in [-0.3, -0.25) is 0 Å². The van der Waals surface area contributed by atoms with Gasteiger partial charge in [-0.1, -0.05) is 0 Å². The summed E-state index contributed by atoms with van der Waals surface area (Å²) < 4.78 is 23.8. The quantitative estimate of drug-likeness (QED) is 0.760. The van der Waals surface area contributed by atoms with Crippen molar-refractivity contribution in [2.45, 2.75) is 6.92 Å². The second kappa shape index (κ2) is 5.98. The van der Waals surface area contributed by atoms with E-state index >= 15 is 0 Å². The van der Waals surface area contributed by atoms with Crippen molar-refractivity contribution < 1.29 is 13.9 Å². The van der Waals surface area contributed by atoms with Gasteiger partial charge in [-0.15, -0.1) is 0 Å². The van der Waals surface area contributed by atoms with E-state index in [0.717, 1.165) is 0 Å². The average molecular weight is 263 g/mol. The minimum atomic E-state index is -0.320. The average Bonchev–Trinajstić information content (AvgIpc) is 2.18. The van der Waals surface area contributed by atoms with Gasteiger partial charge >= 0.3 is 0 Å². The Morgan fingerprint density at radius 2 is 2.14 bits per heavy atom. The highest BCUT2D eigenvalue weighted by molar-refractivity contribution is 9.10. The molecule has 0 amide bonds. The summed E-state index contributed by atoms with van der Waals surface area (Å²) >= 11 is 3.07. The van der Waals surface area contributed by atoms with Crippen LogP contribution in [-0.4, -0.2) is 19.8 Å². The predicted molar refractivity (Wildman–Crippen MR) is 56.1 cm³/mol. The Labute approximate surface area is 91.2 Å². The van der Waals surface area contributed by atoms with Crippen molar-refractivity contribution in [2.24, 2.45) is 0 Å². The Kier molecular flexibility index (Phi) is 4.90. The number of hydrogen-bond donors (Lipinski definition) is 0. The summed E-state index contributed by atoms with van der Waals surface area (Å²) in [7, 11) is 0. The Morgan fingerprint density at radius 1 is 1.36 bits per heavy atom. The number of ether oxygens (including phenoxy) is 2. The van der Waals surface area contributed by atoms with Gasteiger partial charge in [-0.2, -0.15) is 0 Å². The highest BCUT2D eigenvalue weighted by atomic mass is 79.9. The molecule has 0 aliphatic rings. The molecular formula is C10H12BrFO2. The molecule has 14 heavy (non-hydrogen) atoms. The fraction of sp³-hybridized carbons (Fsp3) is 0.400. The van der Waals surface area contributed by atoms with E-state index in [-0.39, 0.29) is 5.82 Å². The number of hydrogen-bond acceptors (Lipinski definition) is 2. The van der Waals surface area contributed by atoms with Crippen LogP contribution >= 0.6 is 15.9 Å². The van der Waals surface area contributed by atoms with Gasteiger partial charge in [0.15, 0.2) is 0 Å². The summed E-state index contributed by atoms with van der Waals surface area (Å²) in [6, 6.07) is 4.67. The molecule has 0 saturated heterocycles. The van der Waals surface area contributed by atoms with Crippen LogP contribution in [0.4, 0.5) is 4.39 Å². The molecule has 0 saturated carbocycles. The highest BCUT2D eigenvalue weighted by Gasteiger charge is 2.00. The van der Waals surface area contributed by atoms with Crippen molar-refractivity contribution in [1.82, 2.24) is 0 Å². The van der Waals surface area contributed by atoms with Crippen LogP contribution in [-0.2, 0) is 4.74 Å². The molecule has 0 N–H and O–H groups in total. The van der Waals surface area contributed by atoms with Crippen LogP contribution in [0, 0.1) is 5.82 Å². The second-order valence-electron chi connectivity index (χ2n) is 2.62. The molecule has 0 aliphatic carbocycles. The lowest BCUT2D eigenvalue weighted by Gasteiger charge is -2.06. The summed E-state index contributed by atoms with van der Waals surface area (Å²) in [5.41, 5.74) is 0. The largest absolute Gasteiger partial charge is 0.491 e. The molecule has 1 rings (SSSR count). The topological polar surface area (TPSA) is 18.5 Å². The first kappa shape index (κ1) is 11.5. The van der Waals surface area contributed by atoms with Crippen molar-refractivity contribution in [2.75, 3.05) is 19.8 Å². The van der Waals surface area contributed by atoms with E-state index in [1.165, 1.54) is 6.07 Å².